The molecule has 0 fully saturated rings. The SMILES string of the molecule is CNC(=O)CCOc1ccc(F)cc1S(=O)(=O)Cl. The Labute approximate surface area is 108 Å². The van der Waals surface area contributed by atoms with Gasteiger partial charge in [0.15, 0.2) is 0 Å². The lowest BCUT2D eigenvalue weighted by atomic mass is 10.3. The van der Waals surface area contributed by atoms with Crippen molar-refractivity contribution in [1.82, 2.24) is 5.32 Å². The van der Waals surface area contributed by atoms with Gasteiger partial charge in [0, 0.05) is 17.7 Å². The summed E-state index contributed by atoms with van der Waals surface area (Å²) in [7, 11) is 2.51. The standard InChI is InChI=1S/C10H11ClFNO4S/c1-13-10(14)4-5-17-8-3-2-7(12)6-9(8)18(11,15)16/h2-3,6H,4-5H2,1H3,(H,13,14). The first-order valence-electron chi connectivity index (χ1n) is 4.92. The number of benzene rings is 1. The summed E-state index contributed by atoms with van der Waals surface area (Å²) in [5, 5.41) is 2.38. The molecule has 100 valence electrons. The van der Waals surface area contributed by atoms with Crippen LogP contribution in [0.2, 0.25) is 0 Å². The molecule has 5 nitrogen and oxygen atoms in total. The number of carbonyl (C=O) groups is 1. The normalized spacial score (nSPS) is 11.1. The molecule has 0 heterocycles. The quantitative estimate of drug-likeness (QED) is 0.830. The van der Waals surface area contributed by atoms with Gasteiger partial charge in [-0.25, -0.2) is 12.8 Å². The number of hydrogen-bond acceptors (Lipinski definition) is 4. The van der Waals surface area contributed by atoms with E-state index in [0.717, 1.165) is 18.2 Å². The van der Waals surface area contributed by atoms with Crippen molar-refractivity contribution < 1.29 is 22.3 Å². The fraction of sp³-hybridized carbons (Fsp3) is 0.300. The third-order valence-electron chi connectivity index (χ3n) is 2.03. The van der Waals surface area contributed by atoms with Gasteiger partial charge in [-0.15, -0.1) is 0 Å². The Balaban J connectivity index is 2.86. The maximum atomic E-state index is 12.9. The lowest BCUT2D eigenvalue weighted by Gasteiger charge is -2.09. The van der Waals surface area contributed by atoms with Crippen molar-refractivity contribution in [2.75, 3.05) is 13.7 Å². The first kappa shape index (κ1) is 14.7. The molecule has 0 aromatic heterocycles. The molecule has 8 heteroatoms. The third-order valence-corrected chi connectivity index (χ3v) is 3.38. The number of rotatable bonds is 5. The molecule has 0 spiro atoms. The van der Waals surface area contributed by atoms with Crippen LogP contribution in [0.5, 0.6) is 5.75 Å². The Morgan fingerprint density at radius 1 is 1.50 bits per heavy atom. The highest BCUT2D eigenvalue weighted by molar-refractivity contribution is 8.13. The Morgan fingerprint density at radius 2 is 2.17 bits per heavy atom. The van der Waals surface area contributed by atoms with Crippen molar-refractivity contribution >= 4 is 25.6 Å². The Hall–Kier alpha value is -1.34. The van der Waals surface area contributed by atoms with E-state index in [9.17, 15) is 17.6 Å². The van der Waals surface area contributed by atoms with Crippen molar-refractivity contribution in [1.29, 1.82) is 0 Å². The summed E-state index contributed by atoms with van der Waals surface area (Å²) in [6, 6.07) is 2.95. The highest BCUT2D eigenvalue weighted by atomic mass is 35.7. The molecule has 0 saturated heterocycles. The van der Waals surface area contributed by atoms with Crippen LogP contribution < -0.4 is 10.1 Å². The van der Waals surface area contributed by atoms with Crippen LogP contribution in [0.4, 0.5) is 4.39 Å². The fourth-order valence-corrected chi connectivity index (χ4v) is 2.15. The topological polar surface area (TPSA) is 72.5 Å². The van der Waals surface area contributed by atoms with Gasteiger partial charge in [0.25, 0.3) is 9.05 Å². The van der Waals surface area contributed by atoms with Gasteiger partial charge in [0.2, 0.25) is 5.91 Å². The van der Waals surface area contributed by atoms with Crippen LogP contribution in [0.1, 0.15) is 6.42 Å². The molecule has 1 N–H and O–H groups in total. The van der Waals surface area contributed by atoms with Gasteiger partial charge in [-0.2, -0.15) is 0 Å². The van der Waals surface area contributed by atoms with Crippen LogP contribution in [0.15, 0.2) is 23.1 Å². The minimum Gasteiger partial charge on any atom is -0.492 e. The molecule has 0 aliphatic rings. The number of carbonyl (C=O) groups excluding carboxylic acids is 1. The number of amides is 1. The minimum atomic E-state index is -4.11. The van der Waals surface area contributed by atoms with Crippen LogP contribution in [-0.4, -0.2) is 28.0 Å². The largest absolute Gasteiger partial charge is 0.492 e. The summed E-state index contributed by atoms with van der Waals surface area (Å²) >= 11 is 0. The van der Waals surface area contributed by atoms with Gasteiger partial charge in [0.1, 0.15) is 16.5 Å². The van der Waals surface area contributed by atoms with Gasteiger partial charge >= 0.3 is 0 Å². The van der Waals surface area contributed by atoms with Gasteiger partial charge in [-0.05, 0) is 18.2 Å². The van der Waals surface area contributed by atoms with E-state index in [0.29, 0.717) is 0 Å². The fourth-order valence-electron chi connectivity index (χ4n) is 1.17. The van der Waals surface area contributed by atoms with E-state index >= 15 is 0 Å². The highest BCUT2D eigenvalue weighted by Gasteiger charge is 2.18. The molecule has 0 unspecified atom stereocenters. The molecule has 0 atom stereocenters. The van der Waals surface area contributed by atoms with E-state index < -0.39 is 19.8 Å². The van der Waals surface area contributed by atoms with E-state index in [4.69, 9.17) is 15.4 Å². The van der Waals surface area contributed by atoms with Crippen LogP contribution >= 0.6 is 10.7 Å². The van der Waals surface area contributed by atoms with Crippen LogP contribution in [0, 0.1) is 5.82 Å². The highest BCUT2D eigenvalue weighted by Crippen LogP contribution is 2.27. The van der Waals surface area contributed by atoms with Crippen molar-refractivity contribution in [3.05, 3.63) is 24.0 Å². The molecule has 1 rings (SSSR count). The third kappa shape index (κ3) is 4.15. The summed E-state index contributed by atoms with van der Waals surface area (Å²) in [5.41, 5.74) is 0. The average Bonchev–Trinajstić information content (AvgIpc) is 2.29. The zero-order valence-electron chi connectivity index (χ0n) is 9.44. The Kier molecular flexibility index (Phi) is 4.92. The van der Waals surface area contributed by atoms with Gasteiger partial charge in [-0.1, -0.05) is 0 Å². The average molecular weight is 296 g/mol. The van der Waals surface area contributed by atoms with Gasteiger partial charge < -0.3 is 10.1 Å². The number of halogens is 2. The van der Waals surface area contributed by atoms with Crippen molar-refractivity contribution in [2.24, 2.45) is 0 Å². The monoisotopic (exact) mass is 295 g/mol. The minimum absolute atomic E-state index is 0.0370. The number of nitrogens with one attached hydrogen (secondary N) is 1. The van der Waals surface area contributed by atoms with Crippen molar-refractivity contribution in [3.8, 4) is 5.75 Å². The lowest BCUT2D eigenvalue weighted by molar-refractivity contribution is -0.121. The summed E-state index contributed by atoms with van der Waals surface area (Å²) in [6.45, 7) is -0.0370. The van der Waals surface area contributed by atoms with Crippen molar-refractivity contribution in [2.45, 2.75) is 11.3 Å². The van der Waals surface area contributed by atoms with Crippen molar-refractivity contribution in [3.63, 3.8) is 0 Å². The summed E-state index contributed by atoms with van der Waals surface area (Å²) in [6.07, 6.45) is 0.0512. The molecular weight excluding hydrogens is 285 g/mol. The maximum Gasteiger partial charge on any atom is 0.265 e. The molecule has 18 heavy (non-hydrogen) atoms. The van der Waals surface area contributed by atoms with E-state index in [1.54, 1.807) is 0 Å². The summed E-state index contributed by atoms with van der Waals surface area (Å²) in [5.74, 6) is -1.09. The summed E-state index contributed by atoms with van der Waals surface area (Å²) < 4.78 is 40.4. The molecular formula is C10H11ClFNO4S. The van der Waals surface area contributed by atoms with E-state index in [-0.39, 0.29) is 24.7 Å². The molecule has 0 aliphatic carbocycles. The molecule has 0 saturated carbocycles. The predicted octanol–water partition coefficient (Wildman–Crippen LogP) is 1.27. The predicted molar refractivity (Wildman–Crippen MR) is 63.6 cm³/mol. The number of ether oxygens (including phenoxy) is 1. The smallest absolute Gasteiger partial charge is 0.265 e. The lowest BCUT2D eigenvalue weighted by Crippen LogP contribution is -2.20. The van der Waals surface area contributed by atoms with E-state index in [1.807, 2.05) is 0 Å². The first-order chi connectivity index (χ1) is 8.34. The van der Waals surface area contributed by atoms with Crippen LogP contribution in [0.3, 0.4) is 0 Å². The van der Waals surface area contributed by atoms with Crippen LogP contribution in [0.25, 0.3) is 0 Å². The Bertz CT molecular complexity index is 547. The molecule has 0 radical (unpaired) electrons. The van der Waals surface area contributed by atoms with E-state index in [1.165, 1.54) is 7.05 Å². The molecule has 1 aromatic rings. The summed E-state index contributed by atoms with van der Waals surface area (Å²) in [4.78, 5) is 10.5. The molecule has 1 amide bonds. The van der Waals surface area contributed by atoms with E-state index in [2.05, 4.69) is 5.32 Å². The number of hydrogen-bond donors (Lipinski definition) is 1. The van der Waals surface area contributed by atoms with Gasteiger partial charge in [-0.3, -0.25) is 4.79 Å². The second kappa shape index (κ2) is 6.01. The molecule has 0 bridgehead atoms. The van der Waals surface area contributed by atoms with Crippen LogP contribution in [-0.2, 0) is 13.8 Å². The van der Waals surface area contributed by atoms with Gasteiger partial charge in [0.05, 0.1) is 13.0 Å². The first-order valence-corrected chi connectivity index (χ1v) is 7.23. The Morgan fingerprint density at radius 3 is 2.72 bits per heavy atom. The second-order valence-electron chi connectivity index (χ2n) is 3.30. The zero-order chi connectivity index (χ0) is 13.8. The molecule has 0 aliphatic heterocycles. The maximum absolute atomic E-state index is 12.9. The zero-order valence-corrected chi connectivity index (χ0v) is 11.0. The second-order valence-corrected chi connectivity index (χ2v) is 5.83. The molecule has 1 aromatic carbocycles.